The molecular formula is C14H9FN2O2. The summed E-state index contributed by atoms with van der Waals surface area (Å²) >= 11 is 0. The maximum Gasteiger partial charge on any atom is 0.337 e. The van der Waals surface area contributed by atoms with Crippen molar-refractivity contribution in [3.8, 4) is 11.4 Å². The molecule has 2 heterocycles. The Hall–Kier alpha value is -2.69. The number of carboxylic acids is 1. The van der Waals surface area contributed by atoms with Gasteiger partial charge in [-0.1, -0.05) is 6.07 Å². The fraction of sp³-hybridized carbons (Fsp3) is 0. The molecule has 2 aromatic heterocycles. The van der Waals surface area contributed by atoms with E-state index in [1.54, 1.807) is 24.3 Å². The van der Waals surface area contributed by atoms with Gasteiger partial charge in [-0.25, -0.2) is 9.18 Å². The average molecular weight is 256 g/mol. The van der Waals surface area contributed by atoms with Crippen molar-refractivity contribution in [2.24, 2.45) is 0 Å². The van der Waals surface area contributed by atoms with Crippen LogP contribution in [-0.2, 0) is 0 Å². The zero-order valence-corrected chi connectivity index (χ0v) is 9.72. The molecule has 0 aliphatic heterocycles. The molecule has 3 aromatic rings. The number of rotatable bonds is 2. The van der Waals surface area contributed by atoms with Gasteiger partial charge in [0, 0.05) is 17.1 Å². The zero-order valence-electron chi connectivity index (χ0n) is 9.72. The van der Waals surface area contributed by atoms with Gasteiger partial charge >= 0.3 is 5.97 Å². The van der Waals surface area contributed by atoms with Gasteiger partial charge in [-0.2, -0.15) is 0 Å². The standard InChI is InChI=1S/C14H9FN2O2/c15-10-2-1-3-11-9(10)6-13(17-11)12-5-4-8(7-16-12)14(18)19/h1-7,17H,(H,18,19). The molecule has 94 valence electrons. The van der Waals surface area contributed by atoms with E-state index < -0.39 is 5.97 Å². The molecule has 0 amide bonds. The van der Waals surface area contributed by atoms with Gasteiger partial charge in [0.2, 0.25) is 0 Å². The van der Waals surface area contributed by atoms with Gasteiger partial charge in [0.05, 0.1) is 17.0 Å². The maximum absolute atomic E-state index is 13.6. The number of carboxylic acid groups (broad SMARTS) is 1. The van der Waals surface area contributed by atoms with E-state index in [1.165, 1.54) is 18.3 Å². The highest BCUT2D eigenvalue weighted by molar-refractivity contribution is 5.88. The molecule has 0 radical (unpaired) electrons. The first-order chi connectivity index (χ1) is 9.15. The number of nitrogens with one attached hydrogen (secondary N) is 1. The lowest BCUT2D eigenvalue weighted by atomic mass is 10.2. The zero-order chi connectivity index (χ0) is 13.4. The summed E-state index contributed by atoms with van der Waals surface area (Å²) < 4.78 is 13.6. The summed E-state index contributed by atoms with van der Waals surface area (Å²) in [6.07, 6.45) is 1.28. The molecule has 0 spiro atoms. The smallest absolute Gasteiger partial charge is 0.337 e. The van der Waals surface area contributed by atoms with Gasteiger partial charge in [-0.3, -0.25) is 4.98 Å². The highest BCUT2D eigenvalue weighted by Crippen LogP contribution is 2.24. The minimum Gasteiger partial charge on any atom is -0.478 e. The van der Waals surface area contributed by atoms with Crippen molar-refractivity contribution in [2.45, 2.75) is 0 Å². The lowest BCUT2D eigenvalue weighted by Gasteiger charge is -1.97. The molecule has 0 aliphatic rings. The Bertz CT molecular complexity index is 763. The normalized spacial score (nSPS) is 10.8. The quantitative estimate of drug-likeness (QED) is 0.740. The van der Waals surface area contributed by atoms with Crippen molar-refractivity contribution >= 4 is 16.9 Å². The van der Waals surface area contributed by atoms with Gasteiger partial charge in [-0.05, 0) is 30.3 Å². The number of pyridine rings is 1. The average Bonchev–Trinajstić information content (AvgIpc) is 2.84. The number of aromatic nitrogens is 2. The van der Waals surface area contributed by atoms with Crippen LogP contribution in [0.2, 0.25) is 0 Å². The Morgan fingerprint density at radius 1 is 1.26 bits per heavy atom. The number of H-pyrrole nitrogens is 1. The Kier molecular flexibility index (Phi) is 2.52. The molecule has 5 heteroatoms. The number of benzene rings is 1. The van der Waals surface area contributed by atoms with E-state index in [9.17, 15) is 9.18 Å². The van der Waals surface area contributed by atoms with Crippen LogP contribution in [0.15, 0.2) is 42.6 Å². The molecule has 0 fully saturated rings. The minimum absolute atomic E-state index is 0.117. The second-order valence-electron chi connectivity index (χ2n) is 4.12. The van der Waals surface area contributed by atoms with Gasteiger partial charge in [0.15, 0.2) is 0 Å². The molecular weight excluding hydrogens is 247 g/mol. The number of aromatic carboxylic acids is 1. The molecule has 0 saturated carbocycles. The molecule has 2 N–H and O–H groups in total. The number of halogens is 1. The molecule has 4 nitrogen and oxygen atoms in total. The van der Waals surface area contributed by atoms with Crippen LogP contribution >= 0.6 is 0 Å². The summed E-state index contributed by atoms with van der Waals surface area (Å²) in [6.45, 7) is 0. The SMILES string of the molecule is O=C(O)c1ccc(-c2cc3c(F)cccc3[nH]2)nc1. The minimum atomic E-state index is -1.03. The predicted octanol–water partition coefficient (Wildman–Crippen LogP) is 3.07. The van der Waals surface area contributed by atoms with E-state index in [0.717, 1.165) is 0 Å². The lowest BCUT2D eigenvalue weighted by Crippen LogP contribution is -1.97. The van der Waals surface area contributed by atoms with Crippen LogP contribution < -0.4 is 0 Å². The summed E-state index contributed by atoms with van der Waals surface area (Å²) in [5.74, 6) is -1.33. The van der Waals surface area contributed by atoms with Crippen molar-refractivity contribution in [2.75, 3.05) is 0 Å². The first kappa shape index (κ1) is 11.4. The van der Waals surface area contributed by atoms with Crippen LogP contribution in [-0.4, -0.2) is 21.0 Å². The van der Waals surface area contributed by atoms with E-state index >= 15 is 0 Å². The van der Waals surface area contributed by atoms with Crippen LogP contribution in [0.3, 0.4) is 0 Å². The van der Waals surface area contributed by atoms with Crippen molar-refractivity contribution < 1.29 is 14.3 Å². The molecule has 0 unspecified atom stereocenters. The van der Waals surface area contributed by atoms with Gasteiger partial charge < -0.3 is 10.1 Å². The van der Waals surface area contributed by atoms with Crippen molar-refractivity contribution in [3.63, 3.8) is 0 Å². The number of carbonyl (C=O) groups is 1. The Morgan fingerprint density at radius 3 is 2.74 bits per heavy atom. The van der Waals surface area contributed by atoms with Gasteiger partial charge in [-0.15, -0.1) is 0 Å². The van der Waals surface area contributed by atoms with E-state index in [2.05, 4.69) is 9.97 Å². The molecule has 0 atom stereocenters. The predicted molar refractivity (Wildman–Crippen MR) is 68.4 cm³/mol. The third-order valence-corrected chi connectivity index (χ3v) is 2.90. The number of aromatic amines is 1. The molecule has 19 heavy (non-hydrogen) atoms. The number of hydrogen-bond donors (Lipinski definition) is 2. The second-order valence-corrected chi connectivity index (χ2v) is 4.12. The van der Waals surface area contributed by atoms with Gasteiger partial charge in [0.1, 0.15) is 5.82 Å². The maximum atomic E-state index is 13.6. The Morgan fingerprint density at radius 2 is 2.11 bits per heavy atom. The Labute approximate surface area is 107 Å². The van der Waals surface area contributed by atoms with Crippen LogP contribution in [0, 0.1) is 5.82 Å². The van der Waals surface area contributed by atoms with E-state index in [0.29, 0.717) is 22.3 Å². The van der Waals surface area contributed by atoms with Crippen LogP contribution in [0.4, 0.5) is 4.39 Å². The molecule has 3 rings (SSSR count). The lowest BCUT2D eigenvalue weighted by molar-refractivity contribution is 0.0696. The third-order valence-electron chi connectivity index (χ3n) is 2.90. The summed E-state index contributed by atoms with van der Waals surface area (Å²) in [7, 11) is 0. The molecule has 1 aromatic carbocycles. The van der Waals surface area contributed by atoms with Crippen molar-refractivity contribution in [1.82, 2.24) is 9.97 Å². The topological polar surface area (TPSA) is 66.0 Å². The number of hydrogen-bond acceptors (Lipinski definition) is 2. The van der Waals surface area contributed by atoms with Gasteiger partial charge in [0.25, 0.3) is 0 Å². The highest BCUT2D eigenvalue weighted by Gasteiger charge is 2.09. The van der Waals surface area contributed by atoms with Crippen LogP contribution in [0.5, 0.6) is 0 Å². The highest BCUT2D eigenvalue weighted by atomic mass is 19.1. The summed E-state index contributed by atoms with van der Waals surface area (Å²) in [6, 6.07) is 9.50. The van der Waals surface area contributed by atoms with E-state index in [-0.39, 0.29) is 11.4 Å². The van der Waals surface area contributed by atoms with Crippen molar-refractivity contribution in [1.29, 1.82) is 0 Å². The molecule has 0 saturated heterocycles. The first-order valence-electron chi connectivity index (χ1n) is 5.62. The molecule has 0 bridgehead atoms. The summed E-state index contributed by atoms with van der Waals surface area (Å²) in [5, 5.41) is 9.29. The van der Waals surface area contributed by atoms with Crippen LogP contribution in [0.25, 0.3) is 22.3 Å². The number of nitrogens with zero attached hydrogens (tertiary/aromatic N) is 1. The monoisotopic (exact) mass is 256 g/mol. The largest absolute Gasteiger partial charge is 0.478 e. The van der Waals surface area contributed by atoms with Crippen LogP contribution in [0.1, 0.15) is 10.4 Å². The van der Waals surface area contributed by atoms with E-state index in [1.807, 2.05) is 0 Å². The third kappa shape index (κ3) is 1.95. The Balaban J connectivity index is 2.09. The summed E-state index contributed by atoms with van der Waals surface area (Å²) in [4.78, 5) is 17.8. The van der Waals surface area contributed by atoms with E-state index in [4.69, 9.17) is 5.11 Å². The second kappa shape index (κ2) is 4.20. The summed E-state index contributed by atoms with van der Waals surface area (Å²) in [5.41, 5.74) is 2.02. The number of fused-ring (bicyclic) bond motifs is 1. The fourth-order valence-electron chi connectivity index (χ4n) is 1.94. The van der Waals surface area contributed by atoms with Crippen molar-refractivity contribution in [3.05, 3.63) is 54.0 Å². The first-order valence-corrected chi connectivity index (χ1v) is 5.62. The molecule has 0 aliphatic carbocycles. The fourth-order valence-corrected chi connectivity index (χ4v) is 1.94.